The number of rotatable bonds is 3. The fourth-order valence-electron chi connectivity index (χ4n) is 2.19. The summed E-state index contributed by atoms with van der Waals surface area (Å²) in [6.45, 7) is 2.17. The SMILES string of the molecule is O=C1CCCN1CC(=O)N1CCOC(CO)C1. The van der Waals surface area contributed by atoms with Crippen LogP contribution in [-0.4, -0.2) is 72.2 Å². The highest BCUT2D eigenvalue weighted by molar-refractivity contribution is 5.85. The van der Waals surface area contributed by atoms with Crippen LogP contribution in [0.25, 0.3) is 0 Å². The summed E-state index contributed by atoms with van der Waals surface area (Å²) in [7, 11) is 0. The van der Waals surface area contributed by atoms with E-state index < -0.39 is 0 Å². The summed E-state index contributed by atoms with van der Waals surface area (Å²) in [6.07, 6.45) is 1.10. The summed E-state index contributed by atoms with van der Waals surface area (Å²) < 4.78 is 5.27. The van der Waals surface area contributed by atoms with E-state index in [0.717, 1.165) is 6.42 Å². The lowest BCUT2D eigenvalue weighted by atomic mass is 10.2. The number of carbonyl (C=O) groups excluding carboxylic acids is 2. The van der Waals surface area contributed by atoms with Crippen molar-refractivity contribution in [1.82, 2.24) is 9.80 Å². The standard InChI is InChI=1S/C11H18N2O4/c14-8-9-6-13(4-5-17-9)11(16)7-12-3-1-2-10(12)15/h9,14H,1-8H2. The Hall–Kier alpha value is -1.14. The first-order valence-electron chi connectivity index (χ1n) is 5.98. The summed E-state index contributed by atoms with van der Waals surface area (Å²) in [4.78, 5) is 26.6. The smallest absolute Gasteiger partial charge is 0.242 e. The monoisotopic (exact) mass is 242 g/mol. The highest BCUT2D eigenvalue weighted by atomic mass is 16.5. The molecule has 1 atom stereocenters. The minimum atomic E-state index is -0.290. The Morgan fingerprint density at radius 2 is 2.29 bits per heavy atom. The van der Waals surface area contributed by atoms with Crippen molar-refractivity contribution in [3.63, 3.8) is 0 Å². The zero-order valence-corrected chi connectivity index (χ0v) is 9.80. The number of nitrogens with zero attached hydrogens (tertiary/aromatic N) is 2. The molecule has 0 bridgehead atoms. The quantitative estimate of drug-likeness (QED) is 0.677. The topological polar surface area (TPSA) is 70.1 Å². The number of aliphatic hydroxyl groups is 1. The highest BCUT2D eigenvalue weighted by Crippen LogP contribution is 2.11. The molecule has 0 aromatic heterocycles. The highest BCUT2D eigenvalue weighted by Gasteiger charge is 2.28. The minimum Gasteiger partial charge on any atom is -0.394 e. The molecule has 6 heteroatoms. The van der Waals surface area contributed by atoms with Crippen LogP contribution >= 0.6 is 0 Å². The van der Waals surface area contributed by atoms with Crippen LogP contribution in [-0.2, 0) is 14.3 Å². The van der Waals surface area contributed by atoms with Crippen molar-refractivity contribution in [1.29, 1.82) is 0 Å². The summed E-state index contributed by atoms with van der Waals surface area (Å²) in [6, 6.07) is 0. The van der Waals surface area contributed by atoms with Crippen molar-refractivity contribution < 1.29 is 19.4 Å². The predicted octanol–water partition coefficient (Wildman–Crippen LogP) is -1.17. The molecule has 2 aliphatic heterocycles. The number of ether oxygens (including phenoxy) is 1. The average Bonchev–Trinajstić information content (AvgIpc) is 2.75. The van der Waals surface area contributed by atoms with E-state index in [2.05, 4.69) is 0 Å². The third-order valence-corrected chi connectivity index (χ3v) is 3.19. The molecule has 0 aliphatic carbocycles. The van der Waals surface area contributed by atoms with Gasteiger partial charge in [0.1, 0.15) is 0 Å². The van der Waals surface area contributed by atoms with Crippen LogP contribution < -0.4 is 0 Å². The molecule has 2 saturated heterocycles. The maximum atomic E-state index is 12.0. The van der Waals surface area contributed by atoms with E-state index >= 15 is 0 Å². The normalized spacial score (nSPS) is 25.5. The Balaban J connectivity index is 1.84. The van der Waals surface area contributed by atoms with Crippen LogP contribution in [0.3, 0.4) is 0 Å². The van der Waals surface area contributed by atoms with E-state index in [-0.39, 0.29) is 31.1 Å². The van der Waals surface area contributed by atoms with Gasteiger partial charge in [-0.3, -0.25) is 9.59 Å². The van der Waals surface area contributed by atoms with Gasteiger partial charge < -0.3 is 19.6 Å². The van der Waals surface area contributed by atoms with Gasteiger partial charge in [-0.05, 0) is 6.42 Å². The minimum absolute atomic E-state index is 0.0537. The van der Waals surface area contributed by atoms with Crippen molar-refractivity contribution in [3.8, 4) is 0 Å². The molecule has 0 radical (unpaired) electrons. The van der Waals surface area contributed by atoms with Gasteiger partial charge in [-0.25, -0.2) is 0 Å². The maximum Gasteiger partial charge on any atom is 0.242 e. The largest absolute Gasteiger partial charge is 0.394 e. The number of morpholine rings is 1. The second kappa shape index (κ2) is 5.46. The lowest BCUT2D eigenvalue weighted by Gasteiger charge is -2.33. The molecule has 2 rings (SSSR count). The summed E-state index contributed by atoms with van der Waals surface area (Å²) >= 11 is 0. The number of hydrogen-bond acceptors (Lipinski definition) is 4. The van der Waals surface area contributed by atoms with Gasteiger partial charge in [-0.2, -0.15) is 0 Å². The van der Waals surface area contributed by atoms with Crippen molar-refractivity contribution in [2.24, 2.45) is 0 Å². The first kappa shape index (κ1) is 12.3. The zero-order valence-electron chi connectivity index (χ0n) is 9.80. The van der Waals surface area contributed by atoms with Gasteiger partial charge in [0.05, 0.1) is 25.9 Å². The zero-order chi connectivity index (χ0) is 12.3. The summed E-state index contributed by atoms with van der Waals surface area (Å²) in [5.74, 6) is 0.00678. The molecule has 2 aliphatic rings. The first-order chi connectivity index (χ1) is 8.20. The molecule has 0 aromatic carbocycles. The number of hydrogen-bond donors (Lipinski definition) is 1. The molecule has 0 spiro atoms. The van der Waals surface area contributed by atoms with E-state index in [1.165, 1.54) is 0 Å². The second-order valence-corrected chi connectivity index (χ2v) is 4.43. The van der Waals surface area contributed by atoms with Crippen molar-refractivity contribution in [3.05, 3.63) is 0 Å². The fourth-order valence-corrected chi connectivity index (χ4v) is 2.19. The van der Waals surface area contributed by atoms with E-state index in [9.17, 15) is 9.59 Å². The van der Waals surface area contributed by atoms with E-state index in [1.807, 2.05) is 0 Å². The predicted molar refractivity (Wildman–Crippen MR) is 59.2 cm³/mol. The van der Waals surface area contributed by atoms with E-state index in [4.69, 9.17) is 9.84 Å². The molecule has 2 amide bonds. The Morgan fingerprint density at radius 3 is 2.94 bits per heavy atom. The Bertz CT molecular complexity index is 308. The molecule has 6 nitrogen and oxygen atoms in total. The number of likely N-dealkylation sites (tertiary alicyclic amines) is 1. The van der Waals surface area contributed by atoms with Crippen LogP contribution in [0.1, 0.15) is 12.8 Å². The number of carbonyl (C=O) groups is 2. The van der Waals surface area contributed by atoms with Crippen molar-refractivity contribution in [2.75, 3.05) is 39.4 Å². The molecule has 2 heterocycles. The van der Waals surface area contributed by atoms with Gasteiger partial charge in [0.15, 0.2) is 0 Å². The fraction of sp³-hybridized carbons (Fsp3) is 0.818. The Morgan fingerprint density at radius 1 is 1.47 bits per heavy atom. The molecule has 17 heavy (non-hydrogen) atoms. The van der Waals surface area contributed by atoms with Gasteiger partial charge in [0.2, 0.25) is 11.8 Å². The summed E-state index contributed by atoms with van der Waals surface area (Å²) in [5.41, 5.74) is 0. The Kier molecular flexibility index (Phi) is 3.96. The first-order valence-corrected chi connectivity index (χ1v) is 5.98. The Labute approximate surface area is 100 Å². The molecule has 1 unspecified atom stereocenters. The number of aliphatic hydroxyl groups excluding tert-OH is 1. The third-order valence-electron chi connectivity index (χ3n) is 3.19. The van der Waals surface area contributed by atoms with Crippen LogP contribution in [0.4, 0.5) is 0 Å². The van der Waals surface area contributed by atoms with Gasteiger partial charge in [0.25, 0.3) is 0 Å². The van der Waals surface area contributed by atoms with Gasteiger partial charge in [-0.15, -0.1) is 0 Å². The molecular weight excluding hydrogens is 224 g/mol. The lowest BCUT2D eigenvalue weighted by Crippen LogP contribution is -2.50. The lowest BCUT2D eigenvalue weighted by molar-refractivity contribution is -0.144. The molecule has 2 fully saturated rings. The molecule has 1 N–H and O–H groups in total. The average molecular weight is 242 g/mol. The third kappa shape index (κ3) is 2.95. The van der Waals surface area contributed by atoms with Crippen LogP contribution in [0.15, 0.2) is 0 Å². The van der Waals surface area contributed by atoms with Gasteiger partial charge in [0, 0.05) is 26.1 Å². The van der Waals surface area contributed by atoms with E-state index in [0.29, 0.717) is 32.7 Å². The van der Waals surface area contributed by atoms with Gasteiger partial charge in [-0.1, -0.05) is 0 Å². The molecule has 0 aromatic rings. The van der Waals surface area contributed by atoms with Crippen molar-refractivity contribution in [2.45, 2.75) is 18.9 Å². The molecular formula is C11H18N2O4. The van der Waals surface area contributed by atoms with Gasteiger partial charge >= 0.3 is 0 Å². The van der Waals surface area contributed by atoms with Crippen molar-refractivity contribution >= 4 is 11.8 Å². The molecule has 0 saturated carbocycles. The summed E-state index contributed by atoms with van der Waals surface area (Å²) in [5, 5.41) is 8.99. The molecule has 96 valence electrons. The number of amides is 2. The second-order valence-electron chi connectivity index (χ2n) is 4.43. The van der Waals surface area contributed by atoms with Crippen LogP contribution in [0, 0.1) is 0 Å². The maximum absolute atomic E-state index is 12.0. The van der Waals surface area contributed by atoms with Crippen LogP contribution in [0.2, 0.25) is 0 Å². The van der Waals surface area contributed by atoms with Crippen LogP contribution in [0.5, 0.6) is 0 Å². The van der Waals surface area contributed by atoms with E-state index in [1.54, 1.807) is 9.80 Å².